The van der Waals surface area contributed by atoms with E-state index in [2.05, 4.69) is 9.97 Å². The van der Waals surface area contributed by atoms with Crippen LogP contribution < -0.4 is 5.73 Å². The van der Waals surface area contributed by atoms with Gasteiger partial charge in [0.05, 0.1) is 18.2 Å². The fraction of sp³-hybridized carbons (Fsp3) is 0.333. The molecule has 0 saturated heterocycles. The van der Waals surface area contributed by atoms with Crippen molar-refractivity contribution in [2.75, 3.05) is 12.3 Å². The lowest BCUT2D eigenvalue weighted by atomic mass is 10.3. The molecule has 0 spiro atoms. The number of rotatable bonds is 3. The van der Waals surface area contributed by atoms with Crippen LogP contribution in [0.4, 0.5) is 5.82 Å². The Morgan fingerprint density at radius 3 is 2.81 bits per heavy atom. The molecule has 6 nitrogen and oxygen atoms in total. The largest absolute Gasteiger partial charge is 0.461 e. The minimum Gasteiger partial charge on any atom is -0.461 e. The van der Waals surface area contributed by atoms with Gasteiger partial charge < -0.3 is 10.5 Å². The van der Waals surface area contributed by atoms with E-state index in [0.29, 0.717) is 0 Å². The molecule has 0 aliphatic rings. The van der Waals surface area contributed by atoms with Crippen LogP contribution in [0.5, 0.6) is 0 Å². The number of hydrogen-bond donors (Lipinski definition) is 1. The first-order chi connectivity index (χ1) is 7.63. The summed E-state index contributed by atoms with van der Waals surface area (Å²) in [4.78, 5) is 19.1. The van der Waals surface area contributed by atoms with Crippen LogP contribution in [0.25, 0.3) is 0 Å². The van der Waals surface area contributed by atoms with Crippen LogP contribution in [0, 0.1) is 11.3 Å². The topological polar surface area (TPSA) is 102 Å². The molecule has 0 fully saturated rings. The molecule has 0 saturated carbocycles. The maximum atomic E-state index is 11.5. The van der Waals surface area contributed by atoms with Crippen molar-refractivity contribution in [3.8, 4) is 6.07 Å². The van der Waals surface area contributed by atoms with Gasteiger partial charge in [0.15, 0.2) is 17.2 Å². The molecule has 0 unspecified atom stereocenters. The van der Waals surface area contributed by atoms with Crippen molar-refractivity contribution >= 4 is 23.4 Å². The number of nitriles is 1. The molecule has 1 aromatic heterocycles. The summed E-state index contributed by atoms with van der Waals surface area (Å²) >= 11 is 5.60. The summed E-state index contributed by atoms with van der Waals surface area (Å²) in [6.07, 6.45) is 0. The third kappa shape index (κ3) is 2.38. The fourth-order valence-corrected chi connectivity index (χ4v) is 1.21. The highest BCUT2D eigenvalue weighted by Crippen LogP contribution is 2.13. The monoisotopic (exact) mass is 240 g/mol. The zero-order valence-corrected chi connectivity index (χ0v) is 9.28. The number of nitrogens with two attached hydrogens (primary N) is 1. The van der Waals surface area contributed by atoms with Gasteiger partial charge in [-0.3, -0.25) is 0 Å². The van der Waals surface area contributed by atoms with Crippen LogP contribution in [0.2, 0.25) is 0 Å². The van der Waals surface area contributed by atoms with Crippen molar-refractivity contribution in [1.29, 1.82) is 5.26 Å². The summed E-state index contributed by atoms with van der Waals surface area (Å²) in [6, 6.07) is 1.76. The number of carbonyl (C=O) groups is 1. The van der Waals surface area contributed by atoms with Crippen molar-refractivity contribution in [3.05, 3.63) is 17.1 Å². The number of carbonyl (C=O) groups excluding carboxylic acids is 1. The first-order valence-electron chi connectivity index (χ1n) is 4.43. The van der Waals surface area contributed by atoms with Gasteiger partial charge in [0, 0.05) is 0 Å². The Labute approximate surface area is 97.0 Å². The molecule has 2 N–H and O–H groups in total. The smallest absolute Gasteiger partial charge is 0.358 e. The summed E-state index contributed by atoms with van der Waals surface area (Å²) in [5.41, 5.74) is 5.53. The molecule has 0 aliphatic heterocycles. The normalized spacial score (nSPS) is 9.56. The molecule has 84 valence electrons. The van der Waals surface area contributed by atoms with Crippen LogP contribution in [0.1, 0.15) is 28.8 Å². The van der Waals surface area contributed by atoms with E-state index in [1.807, 2.05) is 0 Å². The predicted octanol–water partition coefficient (Wildman–Crippen LogP) is 0.846. The second-order valence-corrected chi connectivity index (χ2v) is 2.99. The highest BCUT2D eigenvalue weighted by atomic mass is 35.5. The van der Waals surface area contributed by atoms with E-state index in [0.717, 1.165) is 0 Å². The zero-order valence-electron chi connectivity index (χ0n) is 8.53. The molecule has 16 heavy (non-hydrogen) atoms. The van der Waals surface area contributed by atoms with E-state index in [1.54, 1.807) is 13.0 Å². The average Bonchev–Trinajstić information content (AvgIpc) is 2.29. The van der Waals surface area contributed by atoms with Crippen molar-refractivity contribution < 1.29 is 9.53 Å². The van der Waals surface area contributed by atoms with Gasteiger partial charge in [-0.2, -0.15) is 5.26 Å². The average molecular weight is 241 g/mol. The van der Waals surface area contributed by atoms with E-state index in [4.69, 9.17) is 27.3 Å². The molecule has 0 amide bonds. The predicted molar refractivity (Wildman–Crippen MR) is 56.7 cm³/mol. The number of alkyl halides is 1. The molecular formula is C9H9ClN4O2. The van der Waals surface area contributed by atoms with Crippen LogP contribution in [0.15, 0.2) is 0 Å². The Morgan fingerprint density at radius 2 is 2.31 bits per heavy atom. The van der Waals surface area contributed by atoms with E-state index < -0.39 is 5.97 Å². The first kappa shape index (κ1) is 12.2. The van der Waals surface area contributed by atoms with Gasteiger partial charge in [0.2, 0.25) is 0 Å². The summed E-state index contributed by atoms with van der Waals surface area (Å²) in [5, 5.41) is 8.68. The summed E-state index contributed by atoms with van der Waals surface area (Å²) < 4.78 is 4.76. The van der Waals surface area contributed by atoms with Crippen molar-refractivity contribution in [1.82, 2.24) is 9.97 Å². The number of hydrogen-bond acceptors (Lipinski definition) is 6. The molecule has 7 heteroatoms. The first-order valence-corrected chi connectivity index (χ1v) is 4.97. The van der Waals surface area contributed by atoms with Gasteiger partial charge in [0.1, 0.15) is 6.07 Å². The molecule has 0 radical (unpaired) electrons. The summed E-state index contributed by atoms with van der Waals surface area (Å²) in [6.45, 7) is 1.88. The van der Waals surface area contributed by atoms with Crippen molar-refractivity contribution in [2.45, 2.75) is 12.8 Å². The summed E-state index contributed by atoms with van der Waals surface area (Å²) in [5.74, 6) is -0.808. The number of aromatic nitrogens is 2. The Balaban J connectivity index is 3.24. The number of nitrogens with zero attached hydrogens (tertiary/aromatic N) is 3. The van der Waals surface area contributed by atoms with E-state index in [1.165, 1.54) is 0 Å². The number of anilines is 1. The van der Waals surface area contributed by atoms with Crippen molar-refractivity contribution in [3.63, 3.8) is 0 Å². The van der Waals surface area contributed by atoms with Crippen LogP contribution in [0.3, 0.4) is 0 Å². The second-order valence-electron chi connectivity index (χ2n) is 2.72. The SMILES string of the molecule is CCOC(=O)c1nc(N)c(C#N)nc1CCl. The van der Waals surface area contributed by atoms with Crippen molar-refractivity contribution in [2.24, 2.45) is 0 Å². The molecular weight excluding hydrogens is 232 g/mol. The molecule has 1 heterocycles. The Bertz CT molecular complexity index is 456. The molecule has 0 aromatic carbocycles. The van der Waals surface area contributed by atoms with E-state index in [-0.39, 0.29) is 35.4 Å². The number of ether oxygens (including phenoxy) is 1. The highest BCUT2D eigenvalue weighted by molar-refractivity contribution is 6.17. The lowest BCUT2D eigenvalue weighted by Crippen LogP contribution is -2.14. The van der Waals surface area contributed by atoms with Crippen LogP contribution >= 0.6 is 11.6 Å². The maximum Gasteiger partial charge on any atom is 0.358 e. The minimum atomic E-state index is -0.651. The van der Waals surface area contributed by atoms with Gasteiger partial charge in [-0.15, -0.1) is 11.6 Å². The second kappa shape index (κ2) is 5.28. The van der Waals surface area contributed by atoms with Gasteiger partial charge >= 0.3 is 5.97 Å². The number of nitrogen functional groups attached to an aromatic ring is 1. The maximum absolute atomic E-state index is 11.5. The standard InChI is InChI=1S/C9H9ClN4O2/c1-2-16-9(15)7-5(3-10)13-6(4-11)8(12)14-7/h2-3H2,1H3,(H2,12,14). The number of esters is 1. The highest BCUT2D eigenvalue weighted by Gasteiger charge is 2.18. The van der Waals surface area contributed by atoms with E-state index >= 15 is 0 Å². The Morgan fingerprint density at radius 1 is 1.62 bits per heavy atom. The molecule has 0 bridgehead atoms. The molecule has 0 aliphatic carbocycles. The Hall–Kier alpha value is -1.87. The zero-order chi connectivity index (χ0) is 12.1. The van der Waals surface area contributed by atoms with Gasteiger partial charge in [-0.1, -0.05) is 0 Å². The van der Waals surface area contributed by atoms with Gasteiger partial charge in [-0.05, 0) is 6.92 Å². The molecule has 0 atom stereocenters. The van der Waals surface area contributed by atoms with Gasteiger partial charge in [-0.25, -0.2) is 14.8 Å². The number of halogens is 1. The lowest BCUT2D eigenvalue weighted by Gasteiger charge is -2.06. The summed E-state index contributed by atoms with van der Waals surface area (Å²) in [7, 11) is 0. The minimum absolute atomic E-state index is 0.0455. The third-order valence-corrected chi connectivity index (χ3v) is 1.95. The van der Waals surface area contributed by atoms with Gasteiger partial charge in [0.25, 0.3) is 0 Å². The third-order valence-electron chi connectivity index (χ3n) is 1.70. The lowest BCUT2D eigenvalue weighted by molar-refractivity contribution is 0.0518. The van der Waals surface area contributed by atoms with Crippen LogP contribution in [-0.4, -0.2) is 22.5 Å². The Kier molecular flexibility index (Phi) is 4.03. The quantitative estimate of drug-likeness (QED) is 0.621. The fourth-order valence-electron chi connectivity index (χ4n) is 1.02. The molecule has 1 aromatic rings. The van der Waals surface area contributed by atoms with E-state index in [9.17, 15) is 4.79 Å². The van der Waals surface area contributed by atoms with Crippen LogP contribution in [-0.2, 0) is 10.6 Å². The molecule has 1 rings (SSSR count).